The van der Waals surface area contributed by atoms with Crippen molar-refractivity contribution in [2.75, 3.05) is 18.5 Å². The normalized spacial score (nSPS) is 19.9. The first-order chi connectivity index (χ1) is 12.4. The summed E-state index contributed by atoms with van der Waals surface area (Å²) in [5.74, 6) is -0.802. The van der Waals surface area contributed by atoms with Crippen molar-refractivity contribution >= 4 is 17.4 Å². The molecule has 4 N–H and O–H groups in total. The summed E-state index contributed by atoms with van der Waals surface area (Å²) in [6.07, 6.45) is -1.58. The number of aromatic amines is 1. The van der Waals surface area contributed by atoms with E-state index in [0.29, 0.717) is 0 Å². The van der Waals surface area contributed by atoms with Gasteiger partial charge in [0.05, 0.1) is 6.61 Å². The fourth-order valence-corrected chi connectivity index (χ4v) is 2.59. The summed E-state index contributed by atoms with van der Waals surface area (Å²) in [7, 11) is 0. The number of amides is 1. The zero-order valence-corrected chi connectivity index (χ0v) is 13.4. The third-order valence-electron chi connectivity index (χ3n) is 3.83. The lowest BCUT2D eigenvalue weighted by atomic mass is 9.90. The molecular weight excluding hydrogens is 348 g/mol. The number of H-pyrrole nitrogens is 1. The molecule has 1 amide bonds. The molecule has 0 saturated heterocycles. The van der Waals surface area contributed by atoms with Gasteiger partial charge in [-0.1, -0.05) is 12.1 Å². The third kappa shape index (κ3) is 3.31. The fraction of sp³-hybridized carbons (Fsp3) is 0.250. The Morgan fingerprint density at radius 1 is 1.38 bits per heavy atom. The van der Waals surface area contributed by atoms with Gasteiger partial charge in [-0.15, -0.1) is 0 Å². The Kier molecular flexibility index (Phi) is 4.76. The van der Waals surface area contributed by atoms with Crippen LogP contribution in [0.5, 0.6) is 0 Å². The van der Waals surface area contributed by atoms with Crippen LogP contribution >= 0.6 is 0 Å². The summed E-state index contributed by atoms with van der Waals surface area (Å²) in [5.41, 5.74) is 3.04. The average Bonchev–Trinajstić information content (AvgIpc) is 2.62. The average molecular weight is 363 g/mol. The summed E-state index contributed by atoms with van der Waals surface area (Å²) in [5, 5.41) is 8.47. The molecule has 0 aliphatic carbocycles. The lowest BCUT2D eigenvalue weighted by molar-refractivity contribution is -0.0129. The first-order valence-corrected chi connectivity index (χ1v) is 7.58. The van der Waals surface area contributed by atoms with Crippen LogP contribution in [0, 0.1) is 0 Å². The molecule has 0 saturated carbocycles. The monoisotopic (exact) mass is 363 g/mol. The topological polar surface area (TPSA) is 122 Å². The maximum absolute atomic E-state index is 13.8. The Balaban J connectivity index is 1.93. The molecule has 2 aromatic rings. The Labute approximate surface area is 146 Å². The van der Waals surface area contributed by atoms with E-state index in [-0.39, 0.29) is 36.0 Å². The highest BCUT2D eigenvalue weighted by molar-refractivity contribution is 6.02. The van der Waals surface area contributed by atoms with Crippen LogP contribution in [0.2, 0.25) is 0 Å². The van der Waals surface area contributed by atoms with Crippen molar-refractivity contribution in [3.63, 3.8) is 0 Å². The summed E-state index contributed by atoms with van der Waals surface area (Å²) >= 11 is 0. The maximum atomic E-state index is 13.8. The molecular formula is C16H15F2N5O3. The predicted octanol–water partition coefficient (Wildman–Crippen LogP) is 0.870. The van der Waals surface area contributed by atoms with E-state index in [2.05, 4.69) is 20.5 Å². The number of benzene rings is 1. The minimum Gasteiger partial charge on any atom is -0.385 e. The molecule has 0 bridgehead atoms. The molecule has 8 nitrogen and oxygen atoms in total. The second kappa shape index (κ2) is 7.00. The van der Waals surface area contributed by atoms with Gasteiger partial charge in [-0.3, -0.25) is 19.7 Å². The molecule has 1 aromatic carbocycles. The molecule has 0 radical (unpaired) electrons. The number of carbonyl (C=O) groups excluding carboxylic acids is 1. The molecule has 1 aliphatic rings. The second-order valence-electron chi connectivity index (χ2n) is 5.64. The number of aromatic nitrogens is 2. The van der Waals surface area contributed by atoms with Gasteiger partial charge in [-0.25, -0.2) is 8.78 Å². The number of rotatable bonds is 4. The minimum absolute atomic E-state index is 0.0205. The molecule has 26 heavy (non-hydrogen) atoms. The van der Waals surface area contributed by atoms with Crippen LogP contribution in [0.15, 0.2) is 46.3 Å². The first kappa shape index (κ1) is 17.7. The summed E-state index contributed by atoms with van der Waals surface area (Å²) < 4.78 is 32.7. The number of nitrogens with two attached hydrogens (primary N) is 1. The SMILES string of the molecule is NC1=NC(c2cccc(NC(=O)c3n[nH]ccc3=O)c2)(C(F)F)COC1. The standard InChI is InChI=1S/C16H15F2N5O3/c17-15(18)16(8-26-7-12(19)22-16)9-2-1-3-10(6-9)21-14(25)13-11(24)4-5-20-23-13/h1-6,15H,7-8H2,(H2,19,22)(H,20,24)(H,21,25). The van der Waals surface area contributed by atoms with Gasteiger partial charge in [0.2, 0.25) is 5.43 Å². The van der Waals surface area contributed by atoms with Gasteiger partial charge in [0.1, 0.15) is 12.4 Å². The number of carbonyl (C=O) groups is 1. The van der Waals surface area contributed by atoms with Crippen molar-refractivity contribution in [2.24, 2.45) is 10.7 Å². The molecule has 3 rings (SSSR count). The molecule has 1 unspecified atom stereocenters. The summed E-state index contributed by atoms with van der Waals surface area (Å²) in [4.78, 5) is 27.7. The highest BCUT2D eigenvalue weighted by atomic mass is 19.3. The van der Waals surface area contributed by atoms with E-state index < -0.39 is 23.3 Å². The minimum atomic E-state index is -2.87. The number of ether oxygens (including phenoxy) is 1. The largest absolute Gasteiger partial charge is 0.385 e. The lowest BCUT2D eigenvalue weighted by Gasteiger charge is -2.33. The predicted molar refractivity (Wildman–Crippen MR) is 89.4 cm³/mol. The van der Waals surface area contributed by atoms with Crippen LogP contribution in [0.25, 0.3) is 0 Å². The number of amidine groups is 1. The molecule has 1 aliphatic heterocycles. The number of hydrogen-bond acceptors (Lipinski definition) is 6. The molecule has 136 valence electrons. The van der Waals surface area contributed by atoms with Crippen LogP contribution < -0.4 is 16.5 Å². The van der Waals surface area contributed by atoms with Gasteiger partial charge in [-0.05, 0) is 17.7 Å². The quantitative estimate of drug-likeness (QED) is 0.744. The molecule has 0 fully saturated rings. The van der Waals surface area contributed by atoms with E-state index in [9.17, 15) is 18.4 Å². The van der Waals surface area contributed by atoms with Crippen molar-refractivity contribution in [3.05, 3.63) is 58.0 Å². The lowest BCUT2D eigenvalue weighted by Crippen LogP contribution is -2.44. The smallest absolute Gasteiger partial charge is 0.280 e. The van der Waals surface area contributed by atoms with Crippen molar-refractivity contribution in [3.8, 4) is 0 Å². The number of nitrogens with zero attached hydrogens (tertiary/aromatic N) is 2. The Morgan fingerprint density at radius 3 is 2.88 bits per heavy atom. The van der Waals surface area contributed by atoms with E-state index >= 15 is 0 Å². The summed E-state index contributed by atoms with van der Waals surface area (Å²) in [6, 6.07) is 6.92. The van der Waals surface area contributed by atoms with E-state index in [1.165, 1.54) is 30.5 Å². The van der Waals surface area contributed by atoms with E-state index in [1.807, 2.05) is 0 Å². The Bertz CT molecular complexity index is 915. The zero-order valence-electron chi connectivity index (χ0n) is 13.4. The summed E-state index contributed by atoms with van der Waals surface area (Å²) in [6.45, 7) is -0.365. The number of hydrogen-bond donors (Lipinski definition) is 3. The highest BCUT2D eigenvalue weighted by Gasteiger charge is 2.44. The van der Waals surface area contributed by atoms with E-state index in [1.54, 1.807) is 0 Å². The van der Waals surface area contributed by atoms with Crippen molar-refractivity contribution in [1.82, 2.24) is 10.2 Å². The van der Waals surface area contributed by atoms with Gasteiger partial charge in [0, 0.05) is 18.0 Å². The van der Waals surface area contributed by atoms with Gasteiger partial charge in [0.15, 0.2) is 11.2 Å². The van der Waals surface area contributed by atoms with Crippen molar-refractivity contribution in [2.45, 2.75) is 12.0 Å². The third-order valence-corrected chi connectivity index (χ3v) is 3.83. The van der Waals surface area contributed by atoms with Gasteiger partial charge >= 0.3 is 0 Å². The number of nitrogens with one attached hydrogen (secondary N) is 2. The number of aliphatic imine (C=N–C) groups is 1. The van der Waals surface area contributed by atoms with E-state index in [0.717, 1.165) is 6.07 Å². The number of alkyl halides is 2. The van der Waals surface area contributed by atoms with Crippen LogP contribution in [-0.4, -0.2) is 41.6 Å². The maximum Gasteiger partial charge on any atom is 0.280 e. The van der Waals surface area contributed by atoms with Crippen molar-refractivity contribution < 1.29 is 18.3 Å². The zero-order chi connectivity index (χ0) is 18.7. The van der Waals surface area contributed by atoms with Gasteiger partial charge in [-0.2, -0.15) is 5.10 Å². The molecule has 2 heterocycles. The number of anilines is 1. The Morgan fingerprint density at radius 2 is 2.19 bits per heavy atom. The highest BCUT2D eigenvalue weighted by Crippen LogP contribution is 2.36. The first-order valence-electron chi connectivity index (χ1n) is 7.58. The molecule has 1 atom stereocenters. The number of halogens is 2. The van der Waals surface area contributed by atoms with Crippen LogP contribution in [0.1, 0.15) is 16.1 Å². The molecule has 10 heteroatoms. The van der Waals surface area contributed by atoms with Crippen LogP contribution in [-0.2, 0) is 10.3 Å². The van der Waals surface area contributed by atoms with Crippen molar-refractivity contribution in [1.29, 1.82) is 0 Å². The Hall–Kier alpha value is -3.14. The van der Waals surface area contributed by atoms with Crippen LogP contribution in [0.4, 0.5) is 14.5 Å². The second-order valence-corrected chi connectivity index (χ2v) is 5.64. The van der Waals surface area contributed by atoms with Gasteiger partial charge < -0.3 is 15.8 Å². The van der Waals surface area contributed by atoms with Crippen LogP contribution in [0.3, 0.4) is 0 Å². The van der Waals surface area contributed by atoms with Gasteiger partial charge in [0.25, 0.3) is 12.3 Å². The molecule has 0 spiro atoms. The molecule has 1 aromatic heterocycles. The van der Waals surface area contributed by atoms with E-state index in [4.69, 9.17) is 10.5 Å². The fourth-order valence-electron chi connectivity index (χ4n) is 2.59.